The van der Waals surface area contributed by atoms with E-state index in [1.807, 2.05) is 4.90 Å². The standard InChI is InChI=1S/C14H17N5O3/c1-16-11-10(13(21)17(2)14(16)22)19(7-15-11)9-5-6-18(12(9)20)8-3-4-8/h7-9H,3-6H2,1-2H3/t9-/m1/s1. The first kappa shape index (κ1) is 13.3. The molecule has 8 nitrogen and oxygen atoms in total. The second kappa shape index (κ2) is 4.31. The third-order valence-corrected chi connectivity index (χ3v) is 4.71. The van der Waals surface area contributed by atoms with Crippen molar-refractivity contribution in [2.45, 2.75) is 31.3 Å². The van der Waals surface area contributed by atoms with Gasteiger partial charge in [0.15, 0.2) is 11.2 Å². The molecule has 1 aliphatic heterocycles. The molecule has 1 atom stereocenters. The van der Waals surface area contributed by atoms with Crippen molar-refractivity contribution in [3.63, 3.8) is 0 Å². The lowest BCUT2D eigenvalue weighted by Crippen LogP contribution is -2.38. The molecule has 2 fully saturated rings. The van der Waals surface area contributed by atoms with Crippen LogP contribution in [0.3, 0.4) is 0 Å². The molecular weight excluding hydrogens is 286 g/mol. The van der Waals surface area contributed by atoms with Crippen LogP contribution in [-0.4, -0.2) is 42.1 Å². The van der Waals surface area contributed by atoms with Gasteiger partial charge in [0.1, 0.15) is 6.04 Å². The number of rotatable bonds is 2. The fourth-order valence-corrected chi connectivity index (χ4v) is 3.29. The van der Waals surface area contributed by atoms with E-state index in [0.29, 0.717) is 23.6 Å². The number of fused-ring (bicyclic) bond motifs is 1. The maximum Gasteiger partial charge on any atom is 0.332 e. The number of imidazole rings is 1. The SMILES string of the molecule is Cn1c(=O)c2c(ncn2[C@@H]2CCN(C3CC3)C2=O)n(C)c1=O. The van der Waals surface area contributed by atoms with Crippen LogP contribution >= 0.6 is 0 Å². The number of hydrogen-bond donors (Lipinski definition) is 0. The summed E-state index contributed by atoms with van der Waals surface area (Å²) in [6.07, 6.45) is 4.32. The molecule has 22 heavy (non-hydrogen) atoms. The number of aromatic nitrogens is 4. The Morgan fingerprint density at radius 2 is 1.82 bits per heavy atom. The van der Waals surface area contributed by atoms with E-state index in [1.165, 1.54) is 17.9 Å². The lowest BCUT2D eigenvalue weighted by Gasteiger charge is -2.16. The van der Waals surface area contributed by atoms with Crippen molar-refractivity contribution in [1.29, 1.82) is 0 Å². The molecular formula is C14H17N5O3. The average Bonchev–Trinajstić information content (AvgIpc) is 3.14. The Balaban J connectivity index is 1.88. The van der Waals surface area contributed by atoms with Crippen molar-refractivity contribution in [1.82, 2.24) is 23.6 Å². The largest absolute Gasteiger partial charge is 0.338 e. The Morgan fingerprint density at radius 3 is 2.50 bits per heavy atom. The van der Waals surface area contributed by atoms with Crippen molar-refractivity contribution in [2.24, 2.45) is 14.1 Å². The molecule has 116 valence electrons. The molecule has 1 aliphatic carbocycles. The molecule has 0 bridgehead atoms. The fourth-order valence-electron chi connectivity index (χ4n) is 3.29. The summed E-state index contributed by atoms with van der Waals surface area (Å²) in [4.78, 5) is 43.1. The van der Waals surface area contributed by atoms with Crippen LogP contribution in [-0.2, 0) is 18.9 Å². The third-order valence-electron chi connectivity index (χ3n) is 4.71. The van der Waals surface area contributed by atoms with Crippen LogP contribution in [0, 0.1) is 0 Å². The van der Waals surface area contributed by atoms with Gasteiger partial charge in [0.25, 0.3) is 5.56 Å². The van der Waals surface area contributed by atoms with Crippen molar-refractivity contribution in [3.05, 3.63) is 27.2 Å². The van der Waals surface area contributed by atoms with Gasteiger partial charge in [0, 0.05) is 26.7 Å². The first-order valence-electron chi connectivity index (χ1n) is 7.43. The molecule has 0 spiro atoms. The van der Waals surface area contributed by atoms with Gasteiger partial charge in [-0.25, -0.2) is 9.78 Å². The molecule has 2 aromatic rings. The highest BCUT2D eigenvalue weighted by Crippen LogP contribution is 2.35. The molecule has 4 rings (SSSR count). The summed E-state index contributed by atoms with van der Waals surface area (Å²) in [5.74, 6) is 0.0534. The summed E-state index contributed by atoms with van der Waals surface area (Å²) in [5.41, 5.74) is -0.181. The van der Waals surface area contributed by atoms with E-state index < -0.39 is 17.3 Å². The summed E-state index contributed by atoms with van der Waals surface area (Å²) in [7, 11) is 3.02. The van der Waals surface area contributed by atoms with Crippen LogP contribution in [0.1, 0.15) is 25.3 Å². The smallest absolute Gasteiger partial charge is 0.332 e. The van der Waals surface area contributed by atoms with Gasteiger partial charge in [-0.15, -0.1) is 0 Å². The van der Waals surface area contributed by atoms with E-state index in [4.69, 9.17) is 0 Å². The monoisotopic (exact) mass is 303 g/mol. The van der Waals surface area contributed by atoms with Crippen LogP contribution in [0.15, 0.2) is 15.9 Å². The van der Waals surface area contributed by atoms with Crippen LogP contribution in [0.4, 0.5) is 0 Å². The van der Waals surface area contributed by atoms with Gasteiger partial charge < -0.3 is 9.47 Å². The molecule has 8 heteroatoms. The summed E-state index contributed by atoms with van der Waals surface area (Å²) in [5, 5.41) is 0. The normalized spacial score (nSPS) is 22.0. The number of hydrogen-bond acceptors (Lipinski definition) is 4. The number of aryl methyl sites for hydroxylation is 1. The fraction of sp³-hybridized carbons (Fsp3) is 0.571. The molecule has 0 unspecified atom stereocenters. The highest BCUT2D eigenvalue weighted by atomic mass is 16.2. The Kier molecular flexibility index (Phi) is 2.60. The molecule has 3 heterocycles. The molecule has 2 aromatic heterocycles. The second-order valence-corrected chi connectivity index (χ2v) is 6.10. The number of carbonyl (C=O) groups is 1. The van der Waals surface area contributed by atoms with Gasteiger partial charge in [-0.2, -0.15) is 0 Å². The van der Waals surface area contributed by atoms with E-state index in [1.54, 1.807) is 11.6 Å². The summed E-state index contributed by atoms with van der Waals surface area (Å²) in [6.45, 7) is 0.722. The average molecular weight is 303 g/mol. The zero-order valence-electron chi connectivity index (χ0n) is 12.5. The second-order valence-electron chi connectivity index (χ2n) is 6.10. The molecule has 1 saturated carbocycles. The summed E-state index contributed by atoms with van der Waals surface area (Å²) < 4.78 is 4.03. The Morgan fingerprint density at radius 1 is 1.09 bits per heavy atom. The van der Waals surface area contributed by atoms with Crippen molar-refractivity contribution >= 4 is 17.1 Å². The molecule has 0 aromatic carbocycles. The zero-order chi connectivity index (χ0) is 15.6. The number of amides is 1. The Hall–Kier alpha value is -2.38. The topological polar surface area (TPSA) is 82.1 Å². The first-order chi connectivity index (χ1) is 10.5. The molecule has 1 amide bonds. The van der Waals surface area contributed by atoms with Crippen LogP contribution < -0.4 is 11.2 Å². The van der Waals surface area contributed by atoms with Crippen molar-refractivity contribution in [2.75, 3.05) is 6.54 Å². The van der Waals surface area contributed by atoms with Gasteiger partial charge in [0.2, 0.25) is 5.91 Å². The molecule has 0 N–H and O–H groups in total. The first-order valence-corrected chi connectivity index (χ1v) is 7.43. The quantitative estimate of drug-likeness (QED) is 0.739. The summed E-state index contributed by atoms with van der Waals surface area (Å²) in [6, 6.07) is -0.0183. The van der Waals surface area contributed by atoms with E-state index in [-0.39, 0.29) is 5.91 Å². The molecule has 0 radical (unpaired) electrons. The van der Waals surface area contributed by atoms with E-state index >= 15 is 0 Å². The minimum absolute atomic E-state index is 0.0534. The summed E-state index contributed by atoms with van der Waals surface area (Å²) >= 11 is 0. The maximum absolute atomic E-state index is 12.6. The van der Waals surface area contributed by atoms with Crippen molar-refractivity contribution < 1.29 is 4.79 Å². The van der Waals surface area contributed by atoms with Gasteiger partial charge in [0.05, 0.1) is 6.33 Å². The zero-order valence-corrected chi connectivity index (χ0v) is 12.5. The minimum Gasteiger partial charge on any atom is -0.338 e. The van der Waals surface area contributed by atoms with Crippen LogP contribution in [0.2, 0.25) is 0 Å². The Labute approximate surface area is 125 Å². The van der Waals surface area contributed by atoms with Gasteiger partial charge >= 0.3 is 5.69 Å². The highest BCUT2D eigenvalue weighted by molar-refractivity contribution is 5.85. The highest BCUT2D eigenvalue weighted by Gasteiger charge is 2.41. The molecule has 2 aliphatic rings. The van der Waals surface area contributed by atoms with Gasteiger partial charge in [-0.05, 0) is 19.3 Å². The van der Waals surface area contributed by atoms with E-state index in [0.717, 1.165) is 24.0 Å². The lowest BCUT2D eigenvalue weighted by molar-refractivity contribution is -0.130. The van der Waals surface area contributed by atoms with Crippen molar-refractivity contribution in [3.8, 4) is 0 Å². The number of likely N-dealkylation sites (tertiary alicyclic amines) is 1. The predicted molar refractivity (Wildman–Crippen MR) is 78.6 cm³/mol. The van der Waals surface area contributed by atoms with Crippen LogP contribution in [0.5, 0.6) is 0 Å². The Bertz CT molecular complexity index is 902. The number of nitrogens with zero attached hydrogens (tertiary/aromatic N) is 5. The van der Waals surface area contributed by atoms with Gasteiger partial charge in [-0.1, -0.05) is 0 Å². The third kappa shape index (κ3) is 1.63. The van der Waals surface area contributed by atoms with Crippen LogP contribution in [0.25, 0.3) is 11.2 Å². The minimum atomic E-state index is -0.417. The predicted octanol–water partition coefficient (Wildman–Crippen LogP) is -0.630. The van der Waals surface area contributed by atoms with E-state index in [2.05, 4.69) is 4.98 Å². The lowest BCUT2D eigenvalue weighted by atomic mass is 10.2. The molecule has 1 saturated heterocycles. The van der Waals surface area contributed by atoms with E-state index in [9.17, 15) is 14.4 Å². The van der Waals surface area contributed by atoms with Gasteiger partial charge in [-0.3, -0.25) is 18.7 Å². The maximum atomic E-state index is 12.6. The number of carbonyl (C=O) groups excluding carboxylic acids is 1.